The van der Waals surface area contributed by atoms with Crippen molar-refractivity contribution >= 4 is 44.4 Å². The third-order valence-electron chi connectivity index (χ3n) is 6.96. The highest BCUT2D eigenvalue weighted by atomic mass is 31.2. The molecule has 2 aromatic heterocycles. The summed E-state index contributed by atoms with van der Waals surface area (Å²) in [5.41, 5.74) is 4.58. The second-order valence-corrected chi connectivity index (χ2v) is 12.6. The quantitative estimate of drug-likeness (QED) is 0.158. The number of allylic oxidation sites excluding steroid dienone is 1. The van der Waals surface area contributed by atoms with Gasteiger partial charge in [0.15, 0.2) is 29.4 Å². The smallest absolute Gasteiger partial charge is 0.472 e. The number of nitrogens with zero attached hydrogens (tertiary/aromatic N) is 4. The number of ether oxygens (including phenoxy) is 2. The molecule has 23 heteroatoms. The summed E-state index contributed by atoms with van der Waals surface area (Å²) in [7, 11) is -10.4. The molecule has 1 amide bonds. The highest BCUT2D eigenvalue weighted by Crippen LogP contribution is 2.52. The van der Waals surface area contributed by atoms with Gasteiger partial charge in [-0.05, 0) is 6.08 Å². The van der Waals surface area contributed by atoms with Gasteiger partial charge in [0.05, 0.1) is 26.0 Å². The fraction of sp³-hybridized carbons (Fsp3) is 0.550. The number of ketones is 1. The highest BCUT2D eigenvalue weighted by Gasteiger charge is 2.53. The van der Waals surface area contributed by atoms with Crippen LogP contribution in [0.1, 0.15) is 12.6 Å². The summed E-state index contributed by atoms with van der Waals surface area (Å²) in [6, 6.07) is 0. The first-order valence-electron chi connectivity index (χ1n) is 12.4. The Labute approximate surface area is 238 Å². The Kier molecular flexibility index (Phi) is 7.65. The zero-order chi connectivity index (χ0) is 30.8. The van der Waals surface area contributed by atoms with E-state index in [1.807, 2.05) is 0 Å². The van der Waals surface area contributed by atoms with E-state index in [1.54, 1.807) is 0 Å². The summed E-state index contributed by atoms with van der Waals surface area (Å²) < 4.78 is 58.2. The normalized spacial score (nSPS) is 40.7. The number of imidazole rings is 1. The molecule has 0 bridgehead atoms. The number of phosphoric ester groups is 2. The van der Waals surface area contributed by atoms with E-state index >= 15 is 0 Å². The minimum Gasteiger partial charge on any atom is -0.756 e. The van der Waals surface area contributed by atoms with Gasteiger partial charge in [-0.1, -0.05) is 0 Å². The number of anilines is 1. The average Bonchev–Trinajstić information content (AvgIpc) is 3.56. The number of nitrogens with one attached hydrogen (secondary N) is 1. The predicted octanol–water partition coefficient (Wildman–Crippen LogP) is -3.25. The van der Waals surface area contributed by atoms with Crippen LogP contribution < -0.4 is 16.2 Å². The number of amides is 1. The van der Waals surface area contributed by atoms with Crippen LogP contribution in [-0.4, -0.2) is 107 Å². The van der Waals surface area contributed by atoms with Crippen LogP contribution in [0.2, 0.25) is 0 Å². The van der Waals surface area contributed by atoms with E-state index in [9.17, 15) is 43.5 Å². The number of hydrogen-bond acceptors (Lipinski definition) is 17. The number of aliphatic hydroxyl groups excluding tert-OH is 2. The molecule has 0 spiro atoms. The van der Waals surface area contributed by atoms with Crippen LogP contribution >= 0.6 is 15.6 Å². The zero-order valence-electron chi connectivity index (χ0n) is 21.5. The monoisotopic (exact) mass is 649 g/mol. The largest absolute Gasteiger partial charge is 0.756 e. The third kappa shape index (κ3) is 5.70. The van der Waals surface area contributed by atoms with E-state index in [2.05, 4.69) is 15.0 Å². The Morgan fingerprint density at radius 1 is 1.02 bits per heavy atom. The Bertz CT molecular complexity index is 1650. The molecule has 43 heavy (non-hydrogen) atoms. The molecule has 3 fully saturated rings. The fourth-order valence-corrected chi connectivity index (χ4v) is 6.94. The van der Waals surface area contributed by atoms with E-state index in [4.69, 9.17) is 33.3 Å². The Morgan fingerprint density at radius 2 is 1.67 bits per heavy atom. The Balaban J connectivity index is 1.27. The van der Waals surface area contributed by atoms with Crippen LogP contribution in [0.25, 0.3) is 11.2 Å². The molecule has 4 aliphatic heterocycles. The average molecular weight is 649 g/mol. The predicted molar refractivity (Wildman–Crippen MR) is 132 cm³/mol. The molecule has 0 saturated carbocycles. The van der Waals surface area contributed by atoms with E-state index in [0.29, 0.717) is 0 Å². The van der Waals surface area contributed by atoms with Crippen molar-refractivity contribution in [3.8, 4) is 0 Å². The van der Waals surface area contributed by atoms with Crippen molar-refractivity contribution < 1.29 is 66.3 Å². The first kappa shape index (κ1) is 30.1. The summed E-state index contributed by atoms with van der Waals surface area (Å²) in [4.78, 5) is 70.3. The van der Waals surface area contributed by atoms with Crippen LogP contribution in [0.15, 0.2) is 23.4 Å². The molecular formula is C20H23N6O15P2-. The van der Waals surface area contributed by atoms with Crippen molar-refractivity contribution in [2.75, 3.05) is 18.9 Å². The number of nitrogens with two attached hydrogens (primary N) is 1. The number of nitrogen functional groups attached to an aromatic ring is 1. The summed E-state index contributed by atoms with van der Waals surface area (Å²) >= 11 is 0. The van der Waals surface area contributed by atoms with Gasteiger partial charge in [0.25, 0.3) is 13.4 Å². The molecule has 6 rings (SSSR count). The first-order valence-corrected chi connectivity index (χ1v) is 15.4. The molecule has 10 atom stereocenters. The topological polar surface area (TPSA) is 300 Å². The summed E-state index contributed by atoms with van der Waals surface area (Å²) in [6.07, 6.45) is -10.8. The van der Waals surface area contributed by atoms with Crippen molar-refractivity contribution in [3.05, 3.63) is 29.0 Å². The van der Waals surface area contributed by atoms with Gasteiger partial charge < -0.3 is 44.3 Å². The van der Waals surface area contributed by atoms with Gasteiger partial charge in [-0.15, -0.1) is 0 Å². The molecule has 6 heterocycles. The lowest BCUT2D eigenvalue weighted by molar-refractivity contribution is -0.236. The van der Waals surface area contributed by atoms with Crippen LogP contribution in [0.5, 0.6) is 0 Å². The Morgan fingerprint density at radius 3 is 2.40 bits per heavy atom. The number of carbonyl (C=O) groups excluding carboxylic acids is 2. The van der Waals surface area contributed by atoms with Crippen molar-refractivity contribution in [3.63, 3.8) is 0 Å². The van der Waals surface area contributed by atoms with Crippen molar-refractivity contribution in [1.29, 1.82) is 0 Å². The van der Waals surface area contributed by atoms with Gasteiger partial charge in [-0.3, -0.25) is 42.4 Å². The molecule has 21 nitrogen and oxygen atoms in total. The number of H-pyrrole nitrogens is 1. The number of phosphoric acid groups is 2. The van der Waals surface area contributed by atoms with Gasteiger partial charge in [0.2, 0.25) is 11.9 Å². The van der Waals surface area contributed by atoms with Crippen LogP contribution in [0, 0.1) is 0 Å². The number of aliphatic hydroxyl groups is 2. The number of rotatable bonds is 2. The van der Waals surface area contributed by atoms with E-state index in [-0.39, 0.29) is 17.1 Å². The number of aromatic amines is 1. The molecule has 2 aromatic rings. The summed E-state index contributed by atoms with van der Waals surface area (Å²) in [5.74, 6) is -1.57. The van der Waals surface area contributed by atoms with Crippen molar-refractivity contribution in [1.82, 2.24) is 24.4 Å². The summed E-state index contributed by atoms with van der Waals surface area (Å²) in [6.45, 7) is -1.85. The third-order valence-corrected chi connectivity index (χ3v) is 8.91. The Hall–Kier alpha value is -2.91. The van der Waals surface area contributed by atoms with Gasteiger partial charge in [0.1, 0.15) is 36.6 Å². The van der Waals surface area contributed by atoms with Crippen molar-refractivity contribution in [2.24, 2.45) is 0 Å². The highest BCUT2D eigenvalue weighted by molar-refractivity contribution is 7.47. The standard InChI is InChI=1S/C20H24N6O15P2/c21-20-23-16-11(17(31)24-20)22-6-26(16)19-13(30)15-9(39-19)5-37-42(32,33)40-14-8(4-36-43(34,35)41-15)38-18(12(14)29)25-2-1-7(27)3-10(25)28/h1-2,6,8-9,12-15,18-19,29-30H,3-5H2,(H,32,33)(H,34,35)(H3,21,23,24,31)/p-1/t8-,9-,12-,13-,14-,15-,18-,19-/m1/s1. The van der Waals surface area contributed by atoms with Gasteiger partial charge in [0, 0.05) is 6.20 Å². The maximum absolute atomic E-state index is 12.9. The molecule has 0 aliphatic carbocycles. The maximum Gasteiger partial charge on any atom is 0.472 e. The molecule has 0 radical (unpaired) electrons. The number of carbonyl (C=O) groups is 2. The SMILES string of the molecule is Nc1nc2c(ncn2[C@@H]2O[C@@H]3COP(=O)([O-])O[C@H]4[C@@H](O)[C@H](N5C=CC(=O)CC5=O)O[C@@H]4COP(=O)(O)O[C@H]3[C@H]2O)c(=O)[nH]1. The number of aromatic nitrogens is 4. The lowest BCUT2D eigenvalue weighted by Crippen LogP contribution is -2.46. The van der Waals surface area contributed by atoms with E-state index < -0.39 is 102 Å². The van der Waals surface area contributed by atoms with Crippen LogP contribution in [-0.2, 0) is 46.3 Å². The van der Waals surface area contributed by atoms with E-state index in [1.165, 1.54) is 0 Å². The van der Waals surface area contributed by atoms with Gasteiger partial charge >= 0.3 is 7.82 Å². The molecule has 234 valence electrons. The number of fused-ring (bicyclic) bond motifs is 3. The zero-order valence-corrected chi connectivity index (χ0v) is 23.3. The van der Waals surface area contributed by atoms with Crippen LogP contribution in [0.3, 0.4) is 0 Å². The van der Waals surface area contributed by atoms with Gasteiger partial charge in [-0.2, -0.15) is 4.98 Å². The molecule has 2 unspecified atom stereocenters. The molecular weight excluding hydrogens is 626 g/mol. The second-order valence-electron chi connectivity index (χ2n) is 9.79. The lowest BCUT2D eigenvalue weighted by Gasteiger charge is -2.32. The fourth-order valence-electron chi connectivity index (χ4n) is 5.03. The molecule has 6 N–H and O–H groups in total. The molecule has 0 aromatic carbocycles. The van der Waals surface area contributed by atoms with Crippen LogP contribution in [0.4, 0.5) is 5.95 Å². The number of hydrogen-bond donors (Lipinski definition) is 5. The first-order chi connectivity index (χ1) is 20.2. The van der Waals surface area contributed by atoms with Crippen molar-refractivity contribution in [2.45, 2.75) is 55.5 Å². The summed E-state index contributed by atoms with van der Waals surface area (Å²) in [5, 5.41) is 21.9. The lowest BCUT2D eigenvalue weighted by atomic mass is 10.1. The van der Waals surface area contributed by atoms with Gasteiger partial charge in [-0.25, -0.2) is 9.55 Å². The molecule has 3 saturated heterocycles. The minimum absolute atomic E-state index is 0.135. The van der Waals surface area contributed by atoms with E-state index in [0.717, 1.165) is 28.1 Å². The minimum atomic E-state index is -5.33. The second kappa shape index (κ2) is 10.9. The molecule has 4 aliphatic rings. The maximum atomic E-state index is 12.9.